The van der Waals surface area contributed by atoms with Gasteiger partial charge in [-0.15, -0.1) is 0 Å². The van der Waals surface area contributed by atoms with Gasteiger partial charge in [0.25, 0.3) is 0 Å². The smallest absolute Gasteiger partial charge is 0.245 e. The lowest BCUT2D eigenvalue weighted by molar-refractivity contribution is -0.124. The lowest BCUT2D eigenvalue weighted by Crippen LogP contribution is -2.33. The minimum absolute atomic E-state index is 0.114. The number of carbonyl (C=O) groups excluding carboxylic acids is 1. The molecule has 1 aromatic carbocycles. The molecule has 0 fully saturated rings. The van der Waals surface area contributed by atoms with E-state index in [1.807, 2.05) is 32.0 Å². The summed E-state index contributed by atoms with van der Waals surface area (Å²) in [7, 11) is 1.63. The van der Waals surface area contributed by atoms with E-state index in [9.17, 15) is 4.79 Å². The molecule has 2 unspecified atom stereocenters. The third-order valence-electron chi connectivity index (χ3n) is 3.42. The van der Waals surface area contributed by atoms with E-state index in [0.717, 1.165) is 16.9 Å². The van der Waals surface area contributed by atoms with E-state index in [-0.39, 0.29) is 11.9 Å². The van der Waals surface area contributed by atoms with Crippen LogP contribution >= 0.6 is 0 Å². The predicted molar refractivity (Wildman–Crippen MR) is 79.0 cm³/mol. The first-order valence-corrected chi connectivity index (χ1v) is 6.82. The molecule has 1 heterocycles. The number of ether oxygens (including phenoxy) is 1. The summed E-state index contributed by atoms with van der Waals surface area (Å²) in [5.41, 5.74) is 2.08. The summed E-state index contributed by atoms with van der Waals surface area (Å²) < 4.78 is 6.88. The normalized spacial score (nSPS) is 13.5. The number of nitrogens with one attached hydrogen (secondary N) is 1. The predicted octanol–water partition coefficient (Wildman–Crippen LogP) is 2.03. The number of hydrogen-bond acceptors (Lipinski definition) is 4. The molecule has 1 amide bonds. The molecule has 0 saturated carbocycles. The van der Waals surface area contributed by atoms with Crippen LogP contribution in [0.4, 0.5) is 0 Å². The Morgan fingerprint density at radius 1 is 1.38 bits per heavy atom. The van der Waals surface area contributed by atoms with Crippen LogP contribution in [0.1, 0.15) is 37.1 Å². The van der Waals surface area contributed by atoms with Crippen molar-refractivity contribution in [2.24, 2.45) is 0 Å². The first kappa shape index (κ1) is 15.0. The molecular weight excluding hydrogens is 268 g/mol. The quantitative estimate of drug-likeness (QED) is 0.914. The number of aryl methyl sites for hydroxylation is 1. The van der Waals surface area contributed by atoms with E-state index < -0.39 is 6.04 Å². The molecule has 6 heteroatoms. The van der Waals surface area contributed by atoms with E-state index in [1.165, 1.54) is 17.3 Å². The van der Waals surface area contributed by atoms with Crippen LogP contribution in [0.25, 0.3) is 0 Å². The van der Waals surface area contributed by atoms with Gasteiger partial charge >= 0.3 is 0 Å². The zero-order valence-corrected chi connectivity index (χ0v) is 12.7. The van der Waals surface area contributed by atoms with Crippen LogP contribution in [-0.4, -0.2) is 27.8 Å². The van der Waals surface area contributed by atoms with Crippen molar-refractivity contribution in [1.82, 2.24) is 20.1 Å². The second-order valence-corrected chi connectivity index (χ2v) is 5.03. The van der Waals surface area contributed by atoms with Gasteiger partial charge in [0.2, 0.25) is 5.91 Å². The number of rotatable bonds is 5. The monoisotopic (exact) mass is 288 g/mol. The minimum Gasteiger partial charge on any atom is -0.496 e. The lowest BCUT2D eigenvalue weighted by Gasteiger charge is -2.20. The highest BCUT2D eigenvalue weighted by atomic mass is 16.5. The highest BCUT2D eigenvalue weighted by Crippen LogP contribution is 2.26. The second-order valence-electron chi connectivity index (χ2n) is 5.03. The lowest BCUT2D eigenvalue weighted by atomic mass is 10.0. The molecule has 2 rings (SSSR count). The van der Waals surface area contributed by atoms with Gasteiger partial charge in [-0.05, 0) is 26.8 Å². The number of methoxy groups -OCH3 is 1. The Kier molecular flexibility index (Phi) is 4.57. The van der Waals surface area contributed by atoms with E-state index >= 15 is 0 Å². The summed E-state index contributed by atoms with van der Waals surface area (Å²) in [6.45, 7) is 5.73. The maximum atomic E-state index is 12.3. The fourth-order valence-corrected chi connectivity index (χ4v) is 2.14. The molecule has 2 atom stereocenters. The molecule has 0 aliphatic heterocycles. The van der Waals surface area contributed by atoms with Gasteiger partial charge in [0.1, 0.15) is 24.4 Å². The number of nitrogens with zero attached hydrogens (tertiary/aromatic N) is 3. The maximum absolute atomic E-state index is 12.3. The summed E-state index contributed by atoms with van der Waals surface area (Å²) in [5.74, 6) is 0.651. The van der Waals surface area contributed by atoms with E-state index in [0.29, 0.717) is 0 Å². The van der Waals surface area contributed by atoms with Gasteiger partial charge in [0.05, 0.1) is 13.2 Å². The molecule has 0 aliphatic carbocycles. The minimum atomic E-state index is -0.411. The topological polar surface area (TPSA) is 69.0 Å². The van der Waals surface area contributed by atoms with Gasteiger partial charge < -0.3 is 10.1 Å². The molecule has 0 spiro atoms. The number of benzene rings is 1. The summed E-state index contributed by atoms with van der Waals surface area (Å²) in [6, 6.07) is 5.34. The molecule has 112 valence electrons. The van der Waals surface area contributed by atoms with Gasteiger partial charge in [-0.2, -0.15) is 5.10 Å². The average Bonchev–Trinajstić information content (AvgIpc) is 3.00. The SMILES string of the molecule is COc1ccc(C)cc1C(C)NC(=O)C(C)n1cncn1. The van der Waals surface area contributed by atoms with Crippen molar-refractivity contribution < 1.29 is 9.53 Å². The van der Waals surface area contributed by atoms with Crippen molar-refractivity contribution in [3.63, 3.8) is 0 Å². The largest absolute Gasteiger partial charge is 0.496 e. The summed E-state index contributed by atoms with van der Waals surface area (Å²) in [6.07, 6.45) is 2.94. The Balaban J connectivity index is 2.12. The Hall–Kier alpha value is -2.37. The molecular formula is C15H20N4O2. The van der Waals surface area contributed by atoms with Gasteiger partial charge in [0.15, 0.2) is 0 Å². The standard InChI is InChI=1S/C15H20N4O2/c1-10-5-6-14(21-4)13(7-10)11(2)18-15(20)12(3)19-9-16-8-17-19/h5-9,11-12H,1-4H3,(H,18,20). The van der Waals surface area contributed by atoms with Crippen molar-refractivity contribution in [2.45, 2.75) is 32.9 Å². The van der Waals surface area contributed by atoms with Crippen LogP contribution in [0.3, 0.4) is 0 Å². The number of hydrogen-bond donors (Lipinski definition) is 1. The number of amides is 1. The first-order valence-electron chi connectivity index (χ1n) is 6.82. The highest BCUT2D eigenvalue weighted by Gasteiger charge is 2.20. The molecule has 6 nitrogen and oxygen atoms in total. The van der Waals surface area contributed by atoms with E-state index in [2.05, 4.69) is 15.4 Å². The summed E-state index contributed by atoms with van der Waals surface area (Å²) in [5, 5.41) is 6.96. The van der Waals surface area contributed by atoms with Crippen LogP contribution in [0.15, 0.2) is 30.9 Å². The van der Waals surface area contributed by atoms with E-state index in [1.54, 1.807) is 14.0 Å². The Bertz CT molecular complexity index is 610. The maximum Gasteiger partial charge on any atom is 0.245 e. The van der Waals surface area contributed by atoms with Crippen molar-refractivity contribution in [1.29, 1.82) is 0 Å². The van der Waals surface area contributed by atoms with Crippen LogP contribution < -0.4 is 10.1 Å². The van der Waals surface area contributed by atoms with Crippen LogP contribution in [0, 0.1) is 6.92 Å². The molecule has 1 aromatic heterocycles. The molecule has 21 heavy (non-hydrogen) atoms. The van der Waals surface area contributed by atoms with Crippen molar-refractivity contribution in [2.75, 3.05) is 7.11 Å². The molecule has 0 radical (unpaired) electrons. The Labute approximate surface area is 124 Å². The van der Waals surface area contributed by atoms with Crippen molar-refractivity contribution in [3.05, 3.63) is 42.0 Å². The average molecular weight is 288 g/mol. The fourth-order valence-electron chi connectivity index (χ4n) is 2.14. The molecule has 2 aromatic rings. The molecule has 0 saturated heterocycles. The molecule has 0 bridgehead atoms. The van der Waals surface area contributed by atoms with Gasteiger partial charge in [-0.1, -0.05) is 17.7 Å². The van der Waals surface area contributed by atoms with Crippen molar-refractivity contribution >= 4 is 5.91 Å². The fraction of sp³-hybridized carbons (Fsp3) is 0.400. The van der Waals surface area contributed by atoms with Gasteiger partial charge in [-0.3, -0.25) is 4.79 Å². The second kappa shape index (κ2) is 6.39. The third kappa shape index (κ3) is 3.39. The third-order valence-corrected chi connectivity index (χ3v) is 3.42. The summed E-state index contributed by atoms with van der Waals surface area (Å²) in [4.78, 5) is 16.1. The zero-order chi connectivity index (χ0) is 15.4. The zero-order valence-electron chi connectivity index (χ0n) is 12.7. The van der Waals surface area contributed by atoms with Crippen molar-refractivity contribution in [3.8, 4) is 5.75 Å². The van der Waals surface area contributed by atoms with Crippen LogP contribution in [-0.2, 0) is 4.79 Å². The molecule has 1 N–H and O–H groups in total. The van der Waals surface area contributed by atoms with Gasteiger partial charge in [0, 0.05) is 5.56 Å². The highest BCUT2D eigenvalue weighted by molar-refractivity contribution is 5.80. The number of carbonyl (C=O) groups is 1. The first-order chi connectivity index (χ1) is 10.0. The Morgan fingerprint density at radius 2 is 2.14 bits per heavy atom. The van der Waals surface area contributed by atoms with Crippen LogP contribution in [0.2, 0.25) is 0 Å². The number of aromatic nitrogens is 3. The Morgan fingerprint density at radius 3 is 2.76 bits per heavy atom. The summed E-state index contributed by atoms with van der Waals surface area (Å²) >= 11 is 0. The molecule has 0 aliphatic rings. The van der Waals surface area contributed by atoms with Crippen LogP contribution in [0.5, 0.6) is 5.75 Å². The van der Waals surface area contributed by atoms with Gasteiger partial charge in [-0.25, -0.2) is 9.67 Å². The van der Waals surface area contributed by atoms with E-state index in [4.69, 9.17) is 4.74 Å².